The minimum atomic E-state index is -0.195. The first kappa shape index (κ1) is 24.2. The third kappa shape index (κ3) is 6.05. The van der Waals surface area contributed by atoms with Gasteiger partial charge in [-0.25, -0.2) is 4.98 Å². The quantitative estimate of drug-likeness (QED) is 0.755. The highest BCUT2D eigenvalue weighted by Crippen LogP contribution is 2.27. The molecule has 2 aromatic rings. The molecule has 1 aliphatic rings. The zero-order chi connectivity index (χ0) is 23.3. The summed E-state index contributed by atoms with van der Waals surface area (Å²) >= 11 is 1.64. The number of benzene rings is 1. The molecule has 174 valence electrons. The number of nitrogens with zero attached hydrogens (tertiary/aromatic N) is 3. The number of hydrogen-bond donors (Lipinski definition) is 1. The average Bonchev–Trinajstić information content (AvgIpc) is 3.27. The largest absolute Gasteiger partial charge is 0.491 e. The maximum absolute atomic E-state index is 13.3. The van der Waals surface area contributed by atoms with Crippen LogP contribution in [0.15, 0.2) is 29.8 Å². The number of fused-ring (bicyclic) bond motifs is 1. The topological polar surface area (TPSA) is 84.0 Å². The molecule has 8 nitrogen and oxygen atoms in total. The van der Waals surface area contributed by atoms with Crippen molar-refractivity contribution in [1.82, 2.24) is 14.8 Å². The van der Waals surface area contributed by atoms with Crippen LogP contribution in [0.3, 0.4) is 0 Å². The number of anilines is 1. The summed E-state index contributed by atoms with van der Waals surface area (Å²) in [7, 11) is 3.45. The van der Waals surface area contributed by atoms with Gasteiger partial charge >= 0.3 is 0 Å². The minimum absolute atomic E-state index is 0.0917. The molecule has 1 aromatic carbocycles. The molecule has 0 spiro atoms. The number of likely N-dealkylation sites (N-methyl/N-ethyl adjacent to an activating group) is 1. The van der Waals surface area contributed by atoms with Crippen LogP contribution < -0.4 is 10.1 Å². The Morgan fingerprint density at radius 3 is 2.78 bits per heavy atom. The molecule has 1 aromatic heterocycles. The molecule has 0 aliphatic carbocycles. The van der Waals surface area contributed by atoms with Gasteiger partial charge in [0.05, 0.1) is 18.2 Å². The fourth-order valence-electron chi connectivity index (χ4n) is 3.86. The van der Waals surface area contributed by atoms with Gasteiger partial charge in [-0.05, 0) is 31.0 Å². The number of methoxy groups -OCH3 is 1. The molecule has 32 heavy (non-hydrogen) atoms. The van der Waals surface area contributed by atoms with Gasteiger partial charge in [-0.15, -0.1) is 11.3 Å². The van der Waals surface area contributed by atoms with Crippen molar-refractivity contribution in [2.45, 2.75) is 39.5 Å². The van der Waals surface area contributed by atoms with Crippen LogP contribution in [0, 0.1) is 5.92 Å². The maximum atomic E-state index is 13.3. The maximum Gasteiger partial charge on any atom is 0.257 e. The molecule has 3 rings (SSSR count). The highest BCUT2D eigenvalue weighted by atomic mass is 32.1. The van der Waals surface area contributed by atoms with Gasteiger partial charge < -0.3 is 19.7 Å². The smallest absolute Gasteiger partial charge is 0.257 e. The van der Waals surface area contributed by atoms with E-state index in [9.17, 15) is 9.59 Å². The highest BCUT2D eigenvalue weighted by molar-refractivity contribution is 7.09. The van der Waals surface area contributed by atoms with Gasteiger partial charge in [0.1, 0.15) is 17.4 Å². The summed E-state index contributed by atoms with van der Waals surface area (Å²) in [5, 5.41) is 5.78. The SMILES string of the molecule is CO[C@H]1CN(C)C(=O)c2cc(NC(C)=O)ccc2OC[C@@H](C)N(Cc2nccs2)C[C@@H]1C. The van der Waals surface area contributed by atoms with Crippen molar-refractivity contribution in [2.24, 2.45) is 5.92 Å². The summed E-state index contributed by atoms with van der Waals surface area (Å²) in [6, 6.07) is 5.25. The molecule has 0 bridgehead atoms. The van der Waals surface area contributed by atoms with Gasteiger partial charge in [0.15, 0.2) is 0 Å². The van der Waals surface area contributed by atoms with Crippen molar-refractivity contribution in [3.8, 4) is 5.75 Å². The Bertz CT molecular complexity index is 921. The first-order chi connectivity index (χ1) is 15.3. The van der Waals surface area contributed by atoms with E-state index in [1.807, 2.05) is 11.6 Å². The summed E-state index contributed by atoms with van der Waals surface area (Å²) < 4.78 is 11.9. The fraction of sp³-hybridized carbons (Fsp3) is 0.522. The lowest BCUT2D eigenvalue weighted by atomic mass is 10.0. The number of carbonyl (C=O) groups is 2. The van der Waals surface area contributed by atoms with E-state index in [0.29, 0.717) is 30.2 Å². The molecule has 3 atom stereocenters. The minimum Gasteiger partial charge on any atom is -0.491 e. The molecule has 9 heteroatoms. The first-order valence-electron chi connectivity index (χ1n) is 10.7. The second kappa shape index (κ2) is 10.9. The van der Waals surface area contributed by atoms with E-state index < -0.39 is 0 Å². The fourth-order valence-corrected chi connectivity index (χ4v) is 4.50. The van der Waals surface area contributed by atoms with Crippen LogP contribution in [0.1, 0.15) is 36.1 Å². The second-order valence-corrected chi connectivity index (χ2v) is 9.32. The van der Waals surface area contributed by atoms with Gasteiger partial charge in [-0.3, -0.25) is 14.5 Å². The lowest BCUT2D eigenvalue weighted by Gasteiger charge is -2.35. The van der Waals surface area contributed by atoms with Crippen LogP contribution in [0.5, 0.6) is 5.75 Å². The Labute approximate surface area is 193 Å². The van der Waals surface area contributed by atoms with E-state index >= 15 is 0 Å². The van der Waals surface area contributed by atoms with Crippen molar-refractivity contribution >= 4 is 28.8 Å². The molecule has 0 saturated carbocycles. The van der Waals surface area contributed by atoms with Crippen LogP contribution in [0.4, 0.5) is 5.69 Å². The summed E-state index contributed by atoms with van der Waals surface area (Å²) in [4.78, 5) is 33.2. The summed E-state index contributed by atoms with van der Waals surface area (Å²) in [5.41, 5.74) is 0.976. The predicted molar refractivity (Wildman–Crippen MR) is 125 cm³/mol. The number of amides is 2. The van der Waals surface area contributed by atoms with Gasteiger partial charge in [0.25, 0.3) is 5.91 Å². The Morgan fingerprint density at radius 2 is 2.12 bits per heavy atom. The van der Waals surface area contributed by atoms with Gasteiger partial charge in [0, 0.05) is 57.5 Å². The Hall–Kier alpha value is -2.49. The average molecular weight is 461 g/mol. The predicted octanol–water partition coefficient (Wildman–Crippen LogP) is 3.11. The Morgan fingerprint density at radius 1 is 1.34 bits per heavy atom. The lowest BCUT2D eigenvalue weighted by molar-refractivity contribution is -0.114. The van der Waals surface area contributed by atoms with E-state index in [-0.39, 0.29) is 29.9 Å². The molecule has 0 radical (unpaired) electrons. The van der Waals surface area contributed by atoms with E-state index in [1.165, 1.54) is 6.92 Å². The summed E-state index contributed by atoms with van der Waals surface area (Å²) in [5.74, 6) is 0.315. The molecular formula is C23H32N4O4S. The monoisotopic (exact) mass is 460 g/mol. The van der Waals surface area contributed by atoms with E-state index in [2.05, 4.69) is 29.0 Å². The Balaban J connectivity index is 1.94. The zero-order valence-corrected chi connectivity index (χ0v) is 20.1. The third-order valence-corrected chi connectivity index (χ3v) is 6.48. The molecule has 2 heterocycles. The molecular weight excluding hydrogens is 428 g/mol. The van der Waals surface area contributed by atoms with E-state index in [0.717, 1.165) is 18.1 Å². The Kier molecular flexibility index (Phi) is 8.22. The van der Waals surface area contributed by atoms with Crippen molar-refractivity contribution in [1.29, 1.82) is 0 Å². The number of carbonyl (C=O) groups excluding carboxylic acids is 2. The number of ether oxygens (including phenoxy) is 2. The van der Waals surface area contributed by atoms with Crippen molar-refractivity contribution < 1.29 is 19.1 Å². The van der Waals surface area contributed by atoms with Gasteiger partial charge in [0.2, 0.25) is 5.91 Å². The first-order valence-corrected chi connectivity index (χ1v) is 11.6. The van der Waals surface area contributed by atoms with Crippen LogP contribution in [-0.4, -0.2) is 72.6 Å². The van der Waals surface area contributed by atoms with Crippen molar-refractivity contribution in [2.75, 3.05) is 39.2 Å². The van der Waals surface area contributed by atoms with Gasteiger partial charge in [-0.1, -0.05) is 6.92 Å². The van der Waals surface area contributed by atoms with Crippen LogP contribution in [-0.2, 0) is 16.1 Å². The second-order valence-electron chi connectivity index (χ2n) is 8.34. The third-order valence-electron chi connectivity index (χ3n) is 5.72. The standard InChI is InChI=1S/C23H32N4O4S/c1-15-11-27(13-22-24-8-9-32-22)16(2)14-31-20-7-6-18(25-17(3)28)10-19(20)23(29)26(4)12-21(15)30-5/h6-10,15-16,21H,11-14H2,1-5H3,(H,25,28)/t15-,16+,21-/m0/s1. The molecule has 0 saturated heterocycles. The highest BCUT2D eigenvalue weighted by Gasteiger charge is 2.28. The van der Waals surface area contributed by atoms with E-state index in [4.69, 9.17) is 9.47 Å². The molecule has 1 aliphatic heterocycles. The van der Waals surface area contributed by atoms with Crippen LogP contribution in [0.25, 0.3) is 0 Å². The summed E-state index contributed by atoms with van der Waals surface area (Å²) in [6.45, 7) is 8.08. The normalized spacial score (nSPS) is 23.0. The van der Waals surface area contributed by atoms with Crippen molar-refractivity contribution in [3.63, 3.8) is 0 Å². The lowest BCUT2D eigenvalue weighted by Crippen LogP contribution is -2.46. The van der Waals surface area contributed by atoms with Crippen LogP contribution >= 0.6 is 11.3 Å². The molecule has 1 N–H and O–H groups in total. The van der Waals surface area contributed by atoms with Crippen LogP contribution in [0.2, 0.25) is 0 Å². The molecule has 0 fully saturated rings. The summed E-state index contributed by atoms with van der Waals surface area (Å²) in [6.07, 6.45) is 1.69. The number of nitrogens with one attached hydrogen (secondary N) is 1. The van der Waals surface area contributed by atoms with E-state index in [1.54, 1.807) is 48.6 Å². The number of aromatic nitrogens is 1. The molecule has 2 amide bonds. The molecule has 0 unspecified atom stereocenters. The van der Waals surface area contributed by atoms with Crippen molar-refractivity contribution in [3.05, 3.63) is 40.3 Å². The van der Waals surface area contributed by atoms with Gasteiger partial charge in [-0.2, -0.15) is 0 Å². The zero-order valence-electron chi connectivity index (χ0n) is 19.3. The number of rotatable bonds is 4. The number of hydrogen-bond acceptors (Lipinski definition) is 7. The number of thiazole rings is 1.